The smallest absolute Gasteiger partial charge is 0.318 e. The molecule has 0 aliphatic carbocycles. The van der Waals surface area contributed by atoms with Gasteiger partial charge in [-0.2, -0.15) is 9.97 Å². The molecule has 8 nitrogen and oxygen atoms in total. The van der Waals surface area contributed by atoms with Crippen molar-refractivity contribution in [3.05, 3.63) is 46.6 Å². The van der Waals surface area contributed by atoms with E-state index >= 15 is 0 Å². The van der Waals surface area contributed by atoms with Crippen LogP contribution in [0.4, 0.5) is 11.5 Å². The predicted octanol–water partition coefficient (Wildman–Crippen LogP) is 3.97. The maximum absolute atomic E-state index is 10.1. The number of nitrogens with one attached hydrogen (secondary N) is 1. The van der Waals surface area contributed by atoms with E-state index < -0.39 is 0 Å². The van der Waals surface area contributed by atoms with Crippen LogP contribution in [0.3, 0.4) is 0 Å². The molecular weight excluding hydrogens is 500 g/mol. The third kappa shape index (κ3) is 4.42. The zero-order chi connectivity index (χ0) is 25.8. The number of likely N-dealkylation sites (N-methyl/N-ethyl adjacent to an activating group) is 1. The molecule has 3 aromatic rings. The normalized spacial score (nSPS) is 25.3. The van der Waals surface area contributed by atoms with Crippen molar-refractivity contribution >= 4 is 33.9 Å². The predicted molar refractivity (Wildman–Crippen MR) is 151 cm³/mol. The molecule has 4 aliphatic rings. The minimum Gasteiger partial charge on any atom is -0.508 e. The molecule has 1 aromatic heterocycles. The Morgan fingerprint density at radius 3 is 2.71 bits per heavy atom. The van der Waals surface area contributed by atoms with Crippen LogP contribution in [0.1, 0.15) is 36.9 Å². The van der Waals surface area contributed by atoms with Gasteiger partial charge in [0.15, 0.2) is 0 Å². The Balaban J connectivity index is 1.23. The largest absolute Gasteiger partial charge is 0.508 e. The summed E-state index contributed by atoms with van der Waals surface area (Å²) in [6.45, 7) is 5.22. The Morgan fingerprint density at radius 2 is 1.92 bits per heavy atom. The van der Waals surface area contributed by atoms with E-state index in [1.165, 1.54) is 24.8 Å². The lowest BCUT2D eigenvalue weighted by molar-refractivity contribution is 0.187. The summed E-state index contributed by atoms with van der Waals surface area (Å²) in [5.74, 6) is 1.24. The van der Waals surface area contributed by atoms with E-state index in [0.717, 1.165) is 67.0 Å². The topological polar surface area (TPSA) is 77.0 Å². The van der Waals surface area contributed by atoms with Gasteiger partial charge in [0.25, 0.3) is 0 Å². The maximum atomic E-state index is 10.1. The Bertz CT molecular complexity index is 1360. The van der Waals surface area contributed by atoms with Crippen LogP contribution in [-0.4, -0.2) is 77.9 Å². The maximum Gasteiger partial charge on any atom is 0.318 e. The lowest BCUT2D eigenvalue weighted by Gasteiger charge is -2.37. The SMILES string of the molecule is CN1CCC[C@H]1COc1nc2c(c(N3CC4CCC(C3)N4)n1)CCN(c1cccc3cc(O)cc(Cl)c13)C2. The Morgan fingerprint density at radius 1 is 1.08 bits per heavy atom. The minimum absolute atomic E-state index is 0.181. The number of likely N-dealkylation sites (tertiary alicyclic amines) is 1. The van der Waals surface area contributed by atoms with Crippen molar-refractivity contribution in [2.24, 2.45) is 0 Å². The van der Waals surface area contributed by atoms with Gasteiger partial charge < -0.3 is 29.9 Å². The number of aromatic nitrogens is 2. The van der Waals surface area contributed by atoms with Crippen molar-refractivity contribution in [3.8, 4) is 11.8 Å². The first-order valence-corrected chi connectivity index (χ1v) is 14.3. The summed E-state index contributed by atoms with van der Waals surface area (Å²) in [7, 11) is 2.17. The molecule has 2 unspecified atom stereocenters. The van der Waals surface area contributed by atoms with Crippen molar-refractivity contribution in [3.63, 3.8) is 0 Å². The van der Waals surface area contributed by atoms with Gasteiger partial charge in [0.05, 0.1) is 17.3 Å². The first-order chi connectivity index (χ1) is 18.5. The number of anilines is 2. The lowest BCUT2D eigenvalue weighted by Crippen LogP contribution is -2.52. The van der Waals surface area contributed by atoms with Crippen molar-refractivity contribution in [1.29, 1.82) is 0 Å². The van der Waals surface area contributed by atoms with E-state index in [-0.39, 0.29) is 5.75 Å². The van der Waals surface area contributed by atoms with Gasteiger partial charge in [-0.3, -0.25) is 0 Å². The average molecular weight is 535 g/mol. The van der Waals surface area contributed by atoms with E-state index in [1.807, 2.05) is 12.1 Å². The molecule has 3 atom stereocenters. The Hall–Kier alpha value is -2.81. The number of hydrogen-bond acceptors (Lipinski definition) is 8. The minimum atomic E-state index is 0.181. The van der Waals surface area contributed by atoms with Crippen molar-refractivity contribution < 1.29 is 9.84 Å². The number of phenolic OH excluding ortho intramolecular Hbond substituents is 1. The molecule has 0 radical (unpaired) electrons. The van der Waals surface area contributed by atoms with Gasteiger partial charge in [-0.25, -0.2) is 0 Å². The molecule has 7 rings (SSSR count). The Labute approximate surface area is 228 Å². The highest BCUT2D eigenvalue weighted by Crippen LogP contribution is 2.39. The number of aromatic hydroxyl groups is 1. The molecule has 200 valence electrons. The van der Waals surface area contributed by atoms with E-state index in [2.05, 4.69) is 33.1 Å². The number of benzene rings is 2. The van der Waals surface area contributed by atoms with Gasteiger partial charge in [-0.05, 0) is 69.3 Å². The summed E-state index contributed by atoms with van der Waals surface area (Å²) in [4.78, 5) is 17.2. The number of phenols is 1. The monoisotopic (exact) mass is 534 g/mol. The third-order valence-electron chi connectivity index (χ3n) is 8.85. The van der Waals surface area contributed by atoms with Gasteiger partial charge in [0, 0.05) is 54.4 Å². The second kappa shape index (κ2) is 9.74. The lowest BCUT2D eigenvalue weighted by atomic mass is 10.0. The van der Waals surface area contributed by atoms with Gasteiger partial charge in [0.1, 0.15) is 18.2 Å². The van der Waals surface area contributed by atoms with E-state index in [9.17, 15) is 5.11 Å². The van der Waals surface area contributed by atoms with E-state index in [0.29, 0.717) is 42.3 Å². The van der Waals surface area contributed by atoms with Gasteiger partial charge in [-0.15, -0.1) is 0 Å². The molecule has 4 aliphatic heterocycles. The van der Waals surface area contributed by atoms with Crippen molar-refractivity contribution in [1.82, 2.24) is 20.2 Å². The van der Waals surface area contributed by atoms with Crippen LogP contribution in [-0.2, 0) is 13.0 Å². The molecule has 3 fully saturated rings. The molecule has 0 spiro atoms. The fraction of sp³-hybridized carbons (Fsp3) is 0.517. The zero-order valence-electron chi connectivity index (χ0n) is 21.9. The number of halogens is 1. The summed E-state index contributed by atoms with van der Waals surface area (Å²) in [6.07, 6.45) is 5.70. The highest BCUT2D eigenvalue weighted by Gasteiger charge is 2.35. The molecule has 0 saturated carbocycles. The van der Waals surface area contributed by atoms with E-state index in [1.54, 1.807) is 12.1 Å². The summed E-state index contributed by atoms with van der Waals surface area (Å²) < 4.78 is 6.30. The van der Waals surface area contributed by atoms with Gasteiger partial charge in [0.2, 0.25) is 0 Å². The third-order valence-corrected chi connectivity index (χ3v) is 9.15. The van der Waals surface area contributed by atoms with Gasteiger partial charge >= 0.3 is 6.01 Å². The first kappa shape index (κ1) is 24.2. The second-order valence-corrected chi connectivity index (χ2v) is 11.8. The molecular formula is C29H35ClN6O2. The van der Waals surface area contributed by atoms with Crippen LogP contribution in [0.2, 0.25) is 5.02 Å². The van der Waals surface area contributed by atoms with Crippen LogP contribution in [0.25, 0.3) is 10.8 Å². The van der Waals surface area contributed by atoms with Crippen LogP contribution in [0.15, 0.2) is 30.3 Å². The summed E-state index contributed by atoms with van der Waals surface area (Å²) in [5.41, 5.74) is 3.35. The fourth-order valence-electron chi connectivity index (χ4n) is 6.86. The number of rotatable bonds is 5. The van der Waals surface area contributed by atoms with Crippen LogP contribution < -0.4 is 19.9 Å². The summed E-state index contributed by atoms with van der Waals surface area (Å²) in [5, 5.41) is 16.3. The highest BCUT2D eigenvalue weighted by molar-refractivity contribution is 6.36. The molecule has 5 heterocycles. The fourth-order valence-corrected chi connectivity index (χ4v) is 7.17. The van der Waals surface area contributed by atoms with Crippen LogP contribution in [0, 0.1) is 0 Å². The summed E-state index contributed by atoms with van der Waals surface area (Å²) in [6, 6.07) is 11.5. The van der Waals surface area contributed by atoms with Crippen molar-refractivity contribution in [2.45, 2.75) is 56.8 Å². The number of ether oxygens (including phenoxy) is 1. The molecule has 2 N–H and O–H groups in total. The number of fused-ring (bicyclic) bond motifs is 4. The second-order valence-electron chi connectivity index (χ2n) is 11.4. The molecule has 0 amide bonds. The summed E-state index contributed by atoms with van der Waals surface area (Å²) >= 11 is 6.64. The quantitative estimate of drug-likeness (QED) is 0.509. The molecule has 2 bridgehead atoms. The van der Waals surface area contributed by atoms with Crippen molar-refractivity contribution in [2.75, 3.05) is 49.6 Å². The van der Waals surface area contributed by atoms with Crippen LogP contribution in [0.5, 0.6) is 11.8 Å². The Kier molecular flexibility index (Phi) is 6.21. The number of nitrogens with zero attached hydrogens (tertiary/aromatic N) is 5. The molecule has 3 saturated heterocycles. The first-order valence-electron chi connectivity index (χ1n) is 13.9. The molecule has 38 heavy (non-hydrogen) atoms. The standard InChI is InChI=1S/C29H35ClN6O2/c1-34-10-3-5-21(34)17-38-29-32-25-16-35(26-6-2-4-18-12-22(37)13-24(30)27(18)26)11-9-23(25)28(33-29)36-14-19-7-8-20(15-36)31-19/h2,4,6,12-13,19-21,31,37H,3,5,7-11,14-17H2,1H3/t19?,20?,21-/m0/s1. The zero-order valence-corrected chi connectivity index (χ0v) is 22.6. The highest BCUT2D eigenvalue weighted by atomic mass is 35.5. The average Bonchev–Trinajstić information content (AvgIpc) is 3.48. The van der Waals surface area contributed by atoms with Crippen LogP contribution >= 0.6 is 11.6 Å². The number of piperazine rings is 1. The van der Waals surface area contributed by atoms with E-state index in [4.69, 9.17) is 26.3 Å². The molecule has 2 aromatic carbocycles. The van der Waals surface area contributed by atoms with Gasteiger partial charge in [-0.1, -0.05) is 23.7 Å². The number of hydrogen-bond donors (Lipinski definition) is 2. The molecule has 9 heteroatoms.